The Bertz CT molecular complexity index is 842. The number of aromatic nitrogens is 3. The van der Waals surface area contributed by atoms with Gasteiger partial charge in [0.15, 0.2) is 11.8 Å². The average molecular weight is 541 g/mol. The van der Waals surface area contributed by atoms with E-state index in [9.17, 15) is 4.79 Å². The summed E-state index contributed by atoms with van der Waals surface area (Å²) in [5, 5.41) is 14.0. The van der Waals surface area contributed by atoms with Gasteiger partial charge in [0.25, 0.3) is 0 Å². The second-order valence-electron chi connectivity index (χ2n) is 7.22. The van der Waals surface area contributed by atoms with Crippen LogP contribution in [0, 0.1) is 0 Å². The molecule has 0 spiro atoms. The van der Waals surface area contributed by atoms with Crippen molar-refractivity contribution in [2.75, 3.05) is 26.7 Å². The SMILES string of the molecule is CCNC(=NCC(=O)NCCc1ccccc1)NC1CCc2nc(COC)nn2C1.I. The molecular formula is C21H32IN7O2. The van der Waals surface area contributed by atoms with Crippen LogP contribution < -0.4 is 16.0 Å². The van der Waals surface area contributed by atoms with Crippen LogP contribution in [-0.4, -0.2) is 59.4 Å². The summed E-state index contributed by atoms with van der Waals surface area (Å²) in [7, 11) is 1.64. The normalized spacial score (nSPS) is 15.5. The van der Waals surface area contributed by atoms with Crippen LogP contribution >= 0.6 is 24.0 Å². The minimum atomic E-state index is -0.0884. The van der Waals surface area contributed by atoms with Crippen molar-refractivity contribution in [3.63, 3.8) is 0 Å². The monoisotopic (exact) mass is 541 g/mol. The highest BCUT2D eigenvalue weighted by molar-refractivity contribution is 14.0. The maximum Gasteiger partial charge on any atom is 0.241 e. The number of nitrogens with one attached hydrogen (secondary N) is 3. The Morgan fingerprint density at radius 1 is 1.29 bits per heavy atom. The summed E-state index contributed by atoms with van der Waals surface area (Å²) in [6, 6.07) is 10.3. The van der Waals surface area contributed by atoms with Crippen molar-refractivity contribution in [2.24, 2.45) is 4.99 Å². The first-order valence-electron chi connectivity index (χ1n) is 10.4. The van der Waals surface area contributed by atoms with Gasteiger partial charge >= 0.3 is 0 Å². The van der Waals surface area contributed by atoms with Gasteiger partial charge in [0.2, 0.25) is 5.91 Å². The predicted molar refractivity (Wildman–Crippen MR) is 131 cm³/mol. The fraction of sp³-hybridized carbons (Fsp3) is 0.524. The molecule has 1 aromatic carbocycles. The van der Waals surface area contributed by atoms with Crippen molar-refractivity contribution < 1.29 is 9.53 Å². The van der Waals surface area contributed by atoms with Gasteiger partial charge in [0.05, 0.1) is 6.54 Å². The Kier molecular flexibility index (Phi) is 10.7. The van der Waals surface area contributed by atoms with E-state index in [1.807, 2.05) is 29.8 Å². The number of aryl methyl sites for hydroxylation is 1. The highest BCUT2D eigenvalue weighted by Crippen LogP contribution is 2.13. The molecule has 0 saturated carbocycles. The number of halogens is 1. The van der Waals surface area contributed by atoms with Crippen LogP contribution in [0.1, 0.15) is 30.6 Å². The van der Waals surface area contributed by atoms with Crippen molar-refractivity contribution in [3.8, 4) is 0 Å². The summed E-state index contributed by atoms with van der Waals surface area (Å²) in [6.07, 6.45) is 2.58. The van der Waals surface area contributed by atoms with E-state index in [1.54, 1.807) is 7.11 Å². The summed E-state index contributed by atoms with van der Waals surface area (Å²) in [6.45, 7) is 4.54. The van der Waals surface area contributed by atoms with Gasteiger partial charge in [-0.1, -0.05) is 30.3 Å². The molecule has 9 nitrogen and oxygen atoms in total. The number of methoxy groups -OCH3 is 1. The molecule has 2 aromatic rings. The number of hydrogen-bond acceptors (Lipinski definition) is 5. The molecule has 1 unspecified atom stereocenters. The number of benzene rings is 1. The lowest BCUT2D eigenvalue weighted by molar-refractivity contribution is -0.119. The molecule has 0 saturated heterocycles. The van der Waals surface area contributed by atoms with Crippen molar-refractivity contribution in [3.05, 3.63) is 47.5 Å². The molecule has 1 amide bonds. The Hall–Kier alpha value is -2.21. The minimum absolute atomic E-state index is 0. The Balaban J connectivity index is 0.00000341. The van der Waals surface area contributed by atoms with Gasteiger partial charge < -0.3 is 20.7 Å². The summed E-state index contributed by atoms with van der Waals surface area (Å²) in [5.41, 5.74) is 1.20. The zero-order valence-electron chi connectivity index (χ0n) is 18.1. The second-order valence-corrected chi connectivity index (χ2v) is 7.22. The molecule has 0 aliphatic carbocycles. The third-order valence-corrected chi connectivity index (χ3v) is 4.82. The number of nitrogens with zero attached hydrogens (tertiary/aromatic N) is 4. The molecule has 1 atom stereocenters. The molecule has 170 valence electrons. The van der Waals surface area contributed by atoms with Crippen LogP contribution in [0.5, 0.6) is 0 Å². The van der Waals surface area contributed by atoms with E-state index in [0.29, 0.717) is 31.5 Å². The number of carbonyl (C=O) groups excluding carboxylic acids is 1. The molecule has 1 aliphatic rings. The van der Waals surface area contributed by atoms with Crippen molar-refractivity contribution in [1.29, 1.82) is 0 Å². The van der Waals surface area contributed by atoms with Gasteiger partial charge in [-0.25, -0.2) is 14.7 Å². The number of aliphatic imine (C=N–C) groups is 1. The summed E-state index contributed by atoms with van der Waals surface area (Å²) < 4.78 is 7.04. The van der Waals surface area contributed by atoms with Crippen LogP contribution in [0.3, 0.4) is 0 Å². The molecule has 0 fully saturated rings. The topological polar surface area (TPSA) is 105 Å². The van der Waals surface area contributed by atoms with Crippen LogP contribution in [0.15, 0.2) is 35.3 Å². The number of fused-ring (bicyclic) bond motifs is 1. The number of guanidine groups is 1. The molecule has 3 rings (SSSR count). The summed E-state index contributed by atoms with van der Waals surface area (Å²) in [5.74, 6) is 2.25. The zero-order valence-corrected chi connectivity index (χ0v) is 20.5. The molecule has 1 aromatic heterocycles. The molecule has 1 aliphatic heterocycles. The number of ether oxygens (including phenoxy) is 1. The maximum absolute atomic E-state index is 12.2. The quantitative estimate of drug-likeness (QED) is 0.251. The van der Waals surface area contributed by atoms with Gasteiger partial charge in [0, 0.05) is 32.7 Å². The number of rotatable bonds is 9. The van der Waals surface area contributed by atoms with Gasteiger partial charge in [-0.2, -0.15) is 5.10 Å². The molecule has 2 heterocycles. The first kappa shape index (κ1) is 25.1. The molecule has 0 radical (unpaired) electrons. The molecule has 31 heavy (non-hydrogen) atoms. The van der Waals surface area contributed by atoms with Crippen LogP contribution in [0.2, 0.25) is 0 Å². The Morgan fingerprint density at radius 2 is 2.10 bits per heavy atom. The van der Waals surface area contributed by atoms with Crippen molar-refractivity contribution >= 4 is 35.8 Å². The molecular weight excluding hydrogens is 509 g/mol. The first-order chi connectivity index (χ1) is 14.7. The van der Waals surface area contributed by atoms with E-state index < -0.39 is 0 Å². The zero-order chi connectivity index (χ0) is 21.2. The first-order valence-corrected chi connectivity index (χ1v) is 10.4. The minimum Gasteiger partial charge on any atom is -0.377 e. The smallest absolute Gasteiger partial charge is 0.241 e. The van der Waals surface area contributed by atoms with Crippen LogP contribution in [0.25, 0.3) is 0 Å². The van der Waals surface area contributed by atoms with Gasteiger partial charge in [-0.3, -0.25) is 4.79 Å². The highest BCUT2D eigenvalue weighted by atomic mass is 127. The van der Waals surface area contributed by atoms with Crippen molar-refractivity contribution in [1.82, 2.24) is 30.7 Å². The Morgan fingerprint density at radius 3 is 2.84 bits per heavy atom. The number of amides is 1. The van der Waals surface area contributed by atoms with Crippen molar-refractivity contribution in [2.45, 2.75) is 45.4 Å². The summed E-state index contributed by atoms with van der Waals surface area (Å²) >= 11 is 0. The number of carbonyl (C=O) groups is 1. The fourth-order valence-electron chi connectivity index (χ4n) is 3.38. The van der Waals surface area contributed by atoms with Gasteiger partial charge in [-0.15, -0.1) is 24.0 Å². The summed E-state index contributed by atoms with van der Waals surface area (Å²) in [4.78, 5) is 21.1. The van der Waals surface area contributed by atoms with Gasteiger partial charge in [0.1, 0.15) is 19.0 Å². The van der Waals surface area contributed by atoms with E-state index in [-0.39, 0.29) is 42.5 Å². The lowest BCUT2D eigenvalue weighted by atomic mass is 10.1. The van der Waals surface area contributed by atoms with E-state index >= 15 is 0 Å². The molecule has 3 N–H and O–H groups in total. The standard InChI is InChI=1S/C21H31N7O2.HI/c1-3-22-21(24-13-20(29)23-12-11-16-7-5-4-6-8-16)25-17-9-10-19-26-18(15-30-2)27-28(19)14-17;/h4-8,17H,3,9-15H2,1-2H3,(H,23,29)(H2,22,24,25);1H. The van der Waals surface area contributed by atoms with E-state index in [4.69, 9.17) is 4.74 Å². The lowest BCUT2D eigenvalue weighted by Crippen LogP contribution is -2.47. The average Bonchev–Trinajstić information content (AvgIpc) is 3.15. The maximum atomic E-state index is 12.2. The molecule has 10 heteroatoms. The number of hydrogen-bond donors (Lipinski definition) is 3. The highest BCUT2D eigenvalue weighted by Gasteiger charge is 2.22. The van der Waals surface area contributed by atoms with Crippen LogP contribution in [0.4, 0.5) is 0 Å². The third kappa shape index (κ3) is 8.09. The fourth-order valence-corrected chi connectivity index (χ4v) is 3.38. The second kappa shape index (κ2) is 13.3. The van der Waals surface area contributed by atoms with E-state index in [2.05, 4.69) is 43.2 Å². The third-order valence-electron chi connectivity index (χ3n) is 4.82. The van der Waals surface area contributed by atoms with E-state index in [1.165, 1.54) is 5.56 Å². The largest absolute Gasteiger partial charge is 0.377 e. The lowest BCUT2D eigenvalue weighted by Gasteiger charge is -2.25. The Labute approximate surface area is 200 Å². The van der Waals surface area contributed by atoms with Crippen LogP contribution in [-0.2, 0) is 35.5 Å². The molecule has 0 bridgehead atoms. The van der Waals surface area contributed by atoms with E-state index in [0.717, 1.165) is 31.6 Å². The predicted octanol–water partition coefficient (Wildman–Crippen LogP) is 1.27. The van der Waals surface area contributed by atoms with Gasteiger partial charge in [-0.05, 0) is 25.3 Å².